The molecular formula is C17H16N4O3S2. The molecule has 0 unspecified atom stereocenters. The number of amides is 1. The van der Waals surface area contributed by atoms with Crippen molar-refractivity contribution in [2.24, 2.45) is 0 Å². The minimum Gasteiger partial charge on any atom is -0.375 e. The third-order valence-electron chi connectivity index (χ3n) is 4.25. The van der Waals surface area contributed by atoms with Gasteiger partial charge in [0.1, 0.15) is 0 Å². The number of rotatable bonds is 6. The van der Waals surface area contributed by atoms with Gasteiger partial charge in [0.15, 0.2) is 5.13 Å². The van der Waals surface area contributed by atoms with Crippen molar-refractivity contribution in [1.29, 1.82) is 0 Å². The molecule has 1 aliphatic heterocycles. The molecule has 3 aromatic rings. The average molecular weight is 388 g/mol. The number of aryl methyl sites for hydroxylation is 1. The molecule has 4 rings (SSSR count). The topological polar surface area (TPSA) is 114 Å². The molecule has 0 aliphatic carbocycles. The van der Waals surface area contributed by atoms with Gasteiger partial charge in [-0.1, -0.05) is 12.1 Å². The summed E-state index contributed by atoms with van der Waals surface area (Å²) in [5.41, 5.74) is 7.59. The van der Waals surface area contributed by atoms with E-state index in [1.807, 2.05) is 5.38 Å². The van der Waals surface area contributed by atoms with Gasteiger partial charge in [-0.25, -0.2) is 18.1 Å². The van der Waals surface area contributed by atoms with E-state index in [4.69, 9.17) is 5.73 Å². The SMILES string of the molecule is Nc1nc(CCCNS(=O)(=O)c2ccc3c4c(cccc24)C(=O)N3)cs1. The third kappa shape index (κ3) is 2.94. The van der Waals surface area contributed by atoms with Crippen LogP contribution in [0.1, 0.15) is 22.5 Å². The van der Waals surface area contributed by atoms with Gasteiger partial charge >= 0.3 is 0 Å². The van der Waals surface area contributed by atoms with Crippen molar-refractivity contribution in [2.75, 3.05) is 17.6 Å². The van der Waals surface area contributed by atoms with Crippen LogP contribution in [0.2, 0.25) is 0 Å². The number of aromatic nitrogens is 1. The lowest BCUT2D eigenvalue weighted by Gasteiger charge is -2.10. The van der Waals surface area contributed by atoms with Gasteiger partial charge in [0.25, 0.3) is 5.91 Å². The summed E-state index contributed by atoms with van der Waals surface area (Å²) >= 11 is 1.37. The molecule has 1 aliphatic rings. The zero-order chi connectivity index (χ0) is 18.3. The summed E-state index contributed by atoms with van der Waals surface area (Å²) in [7, 11) is -3.69. The number of nitrogens with zero attached hydrogens (tertiary/aromatic N) is 1. The molecule has 7 nitrogen and oxygen atoms in total. The summed E-state index contributed by atoms with van der Waals surface area (Å²) in [5, 5.41) is 6.33. The van der Waals surface area contributed by atoms with Crippen LogP contribution in [0.4, 0.5) is 10.8 Å². The smallest absolute Gasteiger partial charge is 0.256 e. The van der Waals surface area contributed by atoms with Gasteiger partial charge in [-0.05, 0) is 31.0 Å². The van der Waals surface area contributed by atoms with Gasteiger partial charge in [0, 0.05) is 33.9 Å². The quantitative estimate of drug-likeness (QED) is 0.561. The number of benzene rings is 2. The summed E-state index contributed by atoms with van der Waals surface area (Å²) in [6.07, 6.45) is 1.27. The van der Waals surface area contributed by atoms with E-state index in [0.29, 0.717) is 46.5 Å². The van der Waals surface area contributed by atoms with Crippen LogP contribution < -0.4 is 15.8 Å². The molecule has 0 spiro atoms. The lowest BCUT2D eigenvalue weighted by molar-refractivity contribution is 0.103. The summed E-state index contributed by atoms with van der Waals surface area (Å²) in [6, 6.07) is 8.25. The summed E-state index contributed by atoms with van der Waals surface area (Å²) in [5.74, 6) is -0.212. The Kier molecular flexibility index (Phi) is 4.14. The van der Waals surface area contributed by atoms with Gasteiger partial charge in [-0.3, -0.25) is 4.79 Å². The molecule has 2 aromatic carbocycles. The number of sulfonamides is 1. The molecule has 0 radical (unpaired) electrons. The van der Waals surface area contributed by atoms with Gasteiger partial charge in [-0.2, -0.15) is 0 Å². The second-order valence-electron chi connectivity index (χ2n) is 5.97. The minimum absolute atomic E-state index is 0.174. The van der Waals surface area contributed by atoms with E-state index in [-0.39, 0.29) is 10.8 Å². The van der Waals surface area contributed by atoms with Crippen molar-refractivity contribution >= 4 is 48.9 Å². The van der Waals surface area contributed by atoms with Crippen molar-refractivity contribution in [3.8, 4) is 0 Å². The highest BCUT2D eigenvalue weighted by Crippen LogP contribution is 2.36. The van der Waals surface area contributed by atoms with Crippen LogP contribution in [-0.4, -0.2) is 25.9 Å². The van der Waals surface area contributed by atoms with Crippen LogP contribution in [0.5, 0.6) is 0 Å². The Labute approximate surface area is 154 Å². The number of nitrogens with one attached hydrogen (secondary N) is 2. The van der Waals surface area contributed by atoms with Crippen LogP contribution in [0, 0.1) is 0 Å². The molecule has 2 heterocycles. The van der Waals surface area contributed by atoms with E-state index >= 15 is 0 Å². The molecule has 26 heavy (non-hydrogen) atoms. The van der Waals surface area contributed by atoms with Crippen molar-refractivity contribution in [3.05, 3.63) is 47.0 Å². The third-order valence-corrected chi connectivity index (χ3v) is 6.50. The lowest BCUT2D eigenvalue weighted by Crippen LogP contribution is -2.25. The Morgan fingerprint density at radius 2 is 2.08 bits per heavy atom. The molecule has 9 heteroatoms. The van der Waals surface area contributed by atoms with E-state index in [1.165, 1.54) is 17.4 Å². The predicted molar refractivity (Wildman–Crippen MR) is 102 cm³/mol. The van der Waals surface area contributed by atoms with E-state index < -0.39 is 10.0 Å². The van der Waals surface area contributed by atoms with Gasteiger partial charge in [0.2, 0.25) is 10.0 Å². The molecule has 1 amide bonds. The lowest BCUT2D eigenvalue weighted by atomic mass is 10.1. The van der Waals surface area contributed by atoms with Gasteiger partial charge < -0.3 is 11.1 Å². The normalized spacial score (nSPS) is 13.3. The first-order valence-electron chi connectivity index (χ1n) is 8.02. The van der Waals surface area contributed by atoms with E-state index in [1.54, 1.807) is 24.3 Å². The maximum absolute atomic E-state index is 12.7. The molecule has 134 valence electrons. The fourth-order valence-corrected chi connectivity index (χ4v) is 4.96. The van der Waals surface area contributed by atoms with E-state index in [0.717, 1.165) is 5.69 Å². The number of anilines is 2. The number of carbonyl (C=O) groups is 1. The molecule has 0 saturated heterocycles. The number of hydrogen-bond acceptors (Lipinski definition) is 6. The Hall–Kier alpha value is -2.49. The number of hydrogen-bond donors (Lipinski definition) is 3. The first-order chi connectivity index (χ1) is 12.5. The zero-order valence-corrected chi connectivity index (χ0v) is 15.3. The van der Waals surface area contributed by atoms with Crippen LogP contribution in [0.25, 0.3) is 10.8 Å². The van der Waals surface area contributed by atoms with Crippen LogP contribution in [0.15, 0.2) is 40.6 Å². The van der Waals surface area contributed by atoms with Crippen LogP contribution in [0.3, 0.4) is 0 Å². The van der Waals surface area contributed by atoms with E-state index in [9.17, 15) is 13.2 Å². The molecule has 1 aromatic heterocycles. The monoisotopic (exact) mass is 388 g/mol. The number of nitrogens with two attached hydrogens (primary N) is 1. The summed E-state index contributed by atoms with van der Waals surface area (Å²) in [4.78, 5) is 16.3. The maximum atomic E-state index is 12.7. The Balaban J connectivity index is 1.55. The average Bonchev–Trinajstić information content (AvgIpc) is 3.17. The molecular weight excluding hydrogens is 372 g/mol. The summed E-state index contributed by atoms with van der Waals surface area (Å²) < 4.78 is 28.1. The van der Waals surface area contributed by atoms with Gasteiger partial charge in [-0.15, -0.1) is 11.3 Å². The van der Waals surface area contributed by atoms with Crippen LogP contribution in [-0.2, 0) is 16.4 Å². The van der Waals surface area contributed by atoms with E-state index in [2.05, 4.69) is 15.0 Å². The van der Waals surface area contributed by atoms with Gasteiger partial charge in [0.05, 0.1) is 10.6 Å². The number of thiazole rings is 1. The highest BCUT2D eigenvalue weighted by atomic mass is 32.2. The molecule has 0 bridgehead atoms. The fraction of sp³-hybridized carbons (Fsp3) is 0.176. The largest absolute Gasteiger partial charge is 0.375 e. The minimum atomic E-state index is -3.69. The van der Waals surface area contributed by atoms with Crippen LogP contribution >= 0.6 is 11.3 Å². The van der Waals surface area contributed by atoms with Crippen molar-refractivity contribution < 1.29 is 13.2 Å². The first kappa shape index (κ1) is 17.0. The molecule has 0 atom stereocenters. The second-order valence-corrected chi connectivity index (χ2v) is 8.60. The van der Waals surface area contributed by atoms with Crippen molar-refractivity contribution in [1.82, 2.24) is 9.71 Å². The highest BCUT2D eigenvalue weighted by Gasteiger charge is 2.25. The number of carbonyl (C=O) groups excluding carboxylic acids is 1. The predicted octanol–water partition coefficient (Wildman–Crippen LogP) is 2.36. The second kappa shape index (κ2) is 6.35. The Morgan fingerprint density at radius 3 is 2.85 bits per heavy atom. The zero-order valence-electron chi connectivity index (χ0n) is 13.7. The molecule has 0 fully saturated rings. The van der Waals surface area contributed by atoms with Crippen molar-refractivity contribution in [2.45, 2.75) is 17.7 Å². The Morgan fingerprint density at radius 1 is 1.23 bits per heavy atom. The standard InChI is InChI=1S/C17H16N4O3S2/c18-17-20-10(9-25-17)3-2-8-19-26(23,24)14-7-6-13-15-11(14)4-1-5-12(15)16(22)21-13/h1,4-7,9,19H,2-3,8H2,(H2,18,20)(H,21,22). The fourth-order valence-electron chi connectivity index (χ4n) is 3.09. The Bertz CT molecular complexity index is 1120. The molecule has 4 N–H and O–H groups in total. The highest BCUT2D eigenvalue weighted by molar-refractivity contribution is 7.89. The molecule has 0 saturated carbocycles. The first-order valence-corrected chi connectivity index (χ1v) is 10.4. The summed E-state index contributed by atoms with van der Waals surface area (Å²) in [6.45, 7) is 0.292. The number of nitrogen functional groups attached to an aromatic ring is 1. The van der Waals surface area contributed by atoms with Crippen molar-refractivity contribution in [3.63, 3.8) is 0 Å². The maximum Gasteiger partial charge on any atom is 0.256 e.